The topological polar surface area (TPSA) is 51.2 Å². The van der Waals surface area contributed by atoms with Crippen LogP contribution in [0.4, 0.5) is 5.13 Å². The van der Waals surface area contributed by atoms with Crippen molar-refractivity contribution in [3.05, 3.63) is 78.4 Å². The number of anilines is 1. The van der Waals surface area contributed by atoms with Gasteiger partial charge in [0.25, 0.3) is 5.91 Å². The molecular formula is C26H26N2O2S. The second-order valence-corrected chi connectivity index (χ2v) is 8.60. The third-order valence-electron chi connectivity index (χ3n) is 5.15. The van der Waals surface area contributed by atoms with E-state index in [0.29, 0.717) is 10.9 Å². The van der Waals surface area contributed by atoms with Crippen molar-refractivity contribution in [3.63, 3.8) is 0 Å². The molecule has 0 bridgehead atoms. The van der Waals surface area contributed by atoms with Gasteiger partial charge in [-0.1, -0.05) is 73.2 Å². The summed E-state index contributed by atoms with van der Waals surface area (Å²) in [4.78, 5) is 17.2. The van der Waals surface area contributed by atoms with Crippen molar-refractivity contribution in [2.75, 3.05) is 5.32 Å². The monoisotopic (exact) mass is 430 g/mol. The molecule has 31 heavy (non-hydrogen) atoms. The number of carbonyl (C=O) groups is 1. The fourth-order valence-electron chi connectivity index (χ4n) is 3.38. The van der Waals surface area contributed by atoms with Crippen molar-refractivity contribution in [1.82, 2.24) is 4.98 Å². The Morgan fingerprint density at radius 3 is 2.52 bits per heavy atom. The molecule has 0 saturated heterocycles. The summed E-state index contributed by atoms with van der Waals surface area (Å²) in [5.41, 5.74) is 4.48. The van der Waals surface area contributed by atoms with Crippen LogP contribution in [0, 0.1) is 0 Å². The maximum atomic E-state index is 12.6. The number of benzene rings is 3. The van der Waals surface area contributed by atoms with E-state index in [4.69, 9.17) is 4.74 Å². The van der Waals surface area contributed by atoms with Crippen LogP contribution in [0.25, 0.3) is 21.3 Å². The Morgan fingerprint density at radius 2 is 1.77 bits per heavy atom. The Hall–Kier alpha value is -3.18. The van der Waals surface area contributed by atoms with Crippen LogP contribution in [0.5, 0.6) is 5.75 Å². The summed E-state index contributed by atoms with van der Waals surface area (Å²) in [5.74, 6) is 0.449. The lowest BCUT2D eigenvalue weighted by atomic mass is 10.1. The average molecular weight is 431 g/mol. The smallest absolute Gasteiger partial charge is 0.266 e. The predicted octanol–water partition coefficient (Wildman–Crippen LogP) is 6.71. The summed E-state index contributed by atoms with van der Waals surface area (Å²) in [7, 11) is 0. The molecule has 4 aromatic rings. The highest BCUT2D eigenvalue weighted by Crippen LogP contribution is 2.28. The molecule has 0 aliphatic rings. The summed E-state index contributed by atoms with van der Waals surface area (Å²) < 4.78 is 6.93. The van der Waals surface area contributed by atoms with E-state index in [1.54, 1.807) is 6.92 Å². The number of carbonyl (C=O) groups excluding carboxylic acids is 1. The third-order valence-corrected chi connectivity index (χ3v) is 6.08. The van der Waals surface area contributed by atoms with Crippen LogP contribution in [-0.4, -0.2) is 17.0 Å². The summed E-state index contributed by atoms with van der Waals surface area (Å²) in [6.07, 6.45) is 2.79. The number of hydrogen-bond acceptors (Lipinski definition) is 4. The van der Waals surface area contributed by atoms with Crippen LogP contribution in [0.3, 0.4) is 0 Å². The highest BCUT2D eigenvalue weighted by molar-refractivity contribution is 7.22. The second-order valence-electron chi connectivity index (χ2n) is 7.56. The molecule has 1 unspecified atom stereocenters. The average Bonchev–Trinajstić information content (AvgIpc) is 3.20. The van der Waals surface area contributed by atoms with E-state index < -0.39 is 6.10 Å². The molecule has 5 heteroatoms. The molecule has 0 fully saturated rings. The van der Waals surface area contributed by atoms with Crippen molar-refractivity contribution in [3.8, 4) is 16.9 Å². The lowest BCUT2D eigenvalue weighted by Crippen LogP contribution is -2.30. The number of nitrogens with zero attached hydrogens (tertiary/aromatic N) is 1. The fraction of sp³-hybridized carbons (Fsp3) is 0.231. The van der Waals surface area contributed by atoms with E-state index in [0.717, 1.165) is 27.8 Å². The Morgan fingerprint density at radius 1 is 1.03 bits per heavy atom. The van der Waals surface area contributed by atoms with Crippen molar-refractivity contribution < 1.29 is 9.53 Å². The normalized spacial score (nSPS) is 11.9. The van der Waals surface area contributed by atoms with Gasteiger partial charge in [-0.15, -0.1) is 0 Å². The number of nitrogens with one attached hydrogen (secondary N) is 1. The van der Waals surface area contributed by atoms with Gasteiger partial charge in [-0.2, -0.15) is 0 Å². The lowest BCUT2D eigenvalue weighted by molar-refractivity contribution is -0.122. The van der Waals surface area contributed by atoms with Gasteiger partial charge < -0.3 is 4.74 Å². The van der Waals surface area contributed by atoms with Crippen molar-refractivity contribution in [1.29, 1.82) is 0 Å². The van der Waals surface area contributed by atoms with Gasteiger partial charge in [0, 0.05) is 0 Å². The minimum absolute atomic E-state index is 0.211. The molecule has 3 aromatic carbocycles. The molecule has 0 radical (unpaired) electrons. The predicted molar refractivity (Wildman–Crippen MR) is 129 cm³/mol. The zero-order valence-electron chi connectivity index (χ0n) is 17.8. The Labute approximate surface area is 186 Å². The van der Waals surface area contributed by atoms with Gasteiger partial charge in [-0.05, 0) is 60.7 Å². The number of fused-ring (bicyclic) bond motifs is 1. The van der Waals surface area contributed by atoms with Gasteiger partial charge in [0.05, 0.1) is 10.2 Å². The molecule has 0 aliphatic carbocycles. The molecule has 1 heterocycles. The maximum absolute atomic E-state index is 12.6. The molecule has 158 valence electrons. The lowest BCUT2D eigenvalue weighted by Gasteiger charge is -2.14. The van der Waals surface area contributed by atoms with Crippen LogP contribution in [0.2, 0.25) is 0 Å². The molecule has 1 atom stereocenters. The van der Waals surface area contributed by atoms with Crippen LogP contribution in [0.1, 0.15) is 32.3 Å². The number of ether oxygens (including phenoxy) is 1. The molecular weight excluding hydrogens is 404 g/mol. The van der Waals surface area contributed by atoms with Crippen LogP contribution in [0.15, 0.2) is 72.8 Å². The molecule has 0 saturated carbocycles. The minimum Gasteiger partial charge on any atom is -0.481 e. The maximum Gasteiger partial charge on any atom is 0.266 e. The standard InChI is InChI=1S/C26H26N2O2S/c1-3-4-8-19-11-16-23-24(17-19)31-26(27-23)28-25(29)18(2)30-22-14-12-21(13-15-22)20-9-6-5-7-10-20/h5-7,9-18H,3-4,8H2,1-2H3,(H,27,28,29). The number of aryl methyl sites for hydroxylation is 1. The molecule has 4 rings (SSSR count). The summed E-state index contributed by atoms with van der Waals surface area (Å²) in [6.45, 7) is 3.94. The van der Waals surface area contributed by atoms with E-state index in [1.165, 1.54) is 29.7 Å². The van der Waals surface area contributed by atoms with E-state index in [9.17, 15) is 4.79 Å². The van der Waals surface area contributed by atoms with E-state index >= 15 is 0 Å². The third kappa shape index (κ3) is 5.30. The van der Waals surface area contributed by atoms with Gasteiger partial charge in [-0.3, -0.25) is 10.1 Å². The van der Waals surface area contributed by atoms with Crippen LogP contribution in [-0.2, 0) is 11.2 Å². The number of rotatable bonds is 8. The first-order valence-electron chi connectivity index (χ1n) is 10.6. The van der Waals surface area contributed by atoms with Crippen molar-refractivity contribution >= 4 is 32.6 Å². The van der Waals surface area contributed by atoms with Gasteiger partial charge in [-0.25, -0.2) is 4.98 Å². The largest absolute Gasteiger partial charge is 0.481 e. The van der Waals surface area contributed by atoms with E-state index in [2.05, 4.69) is 41.5 Å². The highest BCUT2D eigenvalue weighted by Gasteiger charge is 2.17. The van der Waals surface area contributed by atoms with Crippen molar-refractivity contribution in [2.45, 2.75) is 39.2 Å². The zero-order chi connectivity index (χ0) is 21.6. The van der Waals surface area contributed by atoms with E-state index in [-0.39, 0.29) is 5.91 Å². The molecule has 4 nitrogen and oxygen atoms in total. The second kappa shape index (κ2) is 9.75. The molecule has 1 amide bonds. The first-order chi connectivity index (χ1) is 15.1. The quantitative estimate of drug-likeness (QED) is 0.338. The van der Waals surface area contributed by atoms with Crippen LogP contribution < -0.4 is 10.1 Å². The molecule has 0 spiro atoms. The number of aromatic nitrogens is 1. The first kappa shape index (κ1) is 21.1. The number of unbranched alkanes of at least 4 members (excludes halogenated alkanes) is 1. The fourth-order valence-corrected chi connectivity index (χ4v) is 4.31. The van der Waals surface area contributed by atoms with Crippen LogP contribution >= 0.6 is 11.3 Å². The first-order valence-corrected chi connectivity index (χ1v) is 11.5. The molecule has 0 aliphatic heterocycles. The Bertz CT molecular complexity index is 1150. The van der Waals surface area contributed by atoms with Gasteiger partial charge in [0.15, 0.2) is 11.2 Å². The summed E-state index contributed by atoms with van der Waals surface area (Å²) in [5, 5.41) is 3.49. The molecule has 1 N–H and O–H groups in total. The highest BCUT2D eigenvalue weighted by atomic mass is 32.1. The summed E-state index contributed by atoms with van der Waals surface area (Å²) in [6, 6.07) is 24.3. The van der Waals surface area contributed by atoms with Gasteiger partial charge in [0.1, 0.15) is 5.75 Å². The zero-order valence-corrected chi connectivity index (χ0v) is 18.6. The van der Waals surface area contributed by atoms with Gasteiger partial charge in [0.2, 0.25) is 0 Å². The minimum atomic E-state index is -0.630. The number of hydrogen-bond donors (Lipinski definition) is 1. The number of amides is 1. The molecule has 1 aromatic heterocycles. The SMILES string of the molecule is CCCCc1ccc2nc(NC(=O)C(C)Oc3ccc(-c4ccccc4)cc3)sc2c1. The van der Waals surface area contributed by atoms with E-state index in [1.807, 2.05) is 48.5 Å². The number of thiazole rings is 1. The Balaban J connectivity index is 1.38. The Kier molecular flexibility index (Phi) is 6.63. The van der Waals surface area contributed by atoms with Gasteiger partial charge >= 0.3 is 0 Å². The summed E-state index contributed by atoms with van der Waals surface area (Å²) >= 11 is 1.50. The van der Waals surface area contributed by atoms with Crippen molar-refractivity contribution in [2.24, 2.45) is 0 Å².